The van der Waals surface area contributed by atoms with Gasteiger partial charge >= 0.3 is 11.8 Å². The van der Waals surface area contributed by atoms with E-state index in [-0.39, 0.29) is 24.9 Å². The number of benzene rings is 2. The van der Waals surface area contributed by atoms with Gasteiger partial charge in [0.15, 0.2) is 0 Å². The van der Waals surface area contributed by atoms with E-state index >= 15 is 0 Å². The third kappa shape index (κ3) is 4.61. The number of carbonyl (C=O) groups excluding carboxylic acids is 4. The largest absolute Gasteiger partial charge is 0.351 e. The Labute approximate surface area is 184 Å². The Morgan fingerprint density at radius 3 is 2.16 bits per heavy atom. The maximum absolute atomic E-state index is 12.8. The van der Waals surface area contributed by atoms with Crippen LogP contribution in [0.5, 0.6) is 0 Å². The predicted molar refractivity (Wildman–Crippen MR) is 120 cm³/mol. The molecule has 2 heterocycles. The highest BCUT2D eigenvalue weighted by Gasteiger charge is 2.29. The fraction of sp³-hybridized carbons (Fsp3) is 0.217. The first kappa shape index (κ1) is 21.1. The standard InChI is InChI=1S/C23H23N5O4/c1-15(29)24-17-6-4-7-18(14-17)25-21(30)23(32)28-11-9-27(10-12-28)22(31)20-13-16-5-2-3-8-19(16)26-20/h2-8,13-14,26H,9-12H2,1H3,(H,24,29)(H,25,30). The topological polar surface area (TPSA) is 115 Å². The Morgan fingerprint density at radius 1 is 0.812 bits per heavy atom. The van der Waals surface area contributed by atoms with Crippen LogP contribution < -0.4 is 10.6 Å². The Balaban J connectivity index is 1.33. The molecule has 1 aromatic heterocycles. The molecule has 1 aliphatic rings. The Morgan fingerprint density at radius 2 is 1.47 bits per heavy atom. The number of nitrogens with one attached hydrogen (secondary N) is 3. The number of rotatable bonds is 3. The van der Waals surface area contributed by atoms with E-state index in [1.54, 1.807) is 29.2 Å². The van der Waals surface area contributed by atoms with E-state index in [1.807, 2.05) is 30.3 Å². The number of piperazine rings is 1. The normalized spacial score (nSPS) is 13.7. The summed E-state index contributed by atoms with van der Waals surface area (Å²) < 4.78 is 0. The lowest BCUT2D eigenvalue weighted by atomic mass is 10.2. The van der Waals surface area contributed by atoms with Gasteiger partial charge in [-0.05, 0) is 30.3 Å². The second-order valence-electron chi connectivity index (χ2n) is 7.57. The third-order valence-corrected chi connectivity index (χ3v) is 5.25. The highest BCUT2D eigenvalue weighted by atomic mass is 16.2. The molecule has 0 radical (unpaired) electrons. The van der Waals surface area contributed by atoms with E-state index in [0.29, 0.717) is 30.2 Å². The van der Waals surface area contributed by atoms with Crippen molar-refractivity contribution in [2.45, 2.75) is 6.92 Å². The van der Waals surface area contributed by atoms with Gasteiger partial charge in [-0.15, -0.1) is 0 Å². The van der Waals surface area contributed by atoms with Gasteiger partial charge in [0, 0.05) is 55.4 Å². The second kappa shape index (κ2) is 8.93. The van der Waals surface area contributed by atoms with Crippen LogP contribution in [0.15, 0.2) is 54.6 Å². The lowest BCUT2D eigenvalue weighted by Crippen LogP contribution is -2.53. The van der Waals surface area contributed by atoms with E-state index in [4.69, 9.17) is 0 Å². The summed E-state index contributed by atoms with van der Waals surface area (Å²) in [6.45, 7) is 2.60. The van der Waals surface area contributed by atoms with Crippen LogP contribution in [0.1, 0.15) is 17.4 Å². The van der Waals surface area contributed by atoms with Crippen LogP contribution in [0.2, 0.25) is 0 Å². The molecule has 0 aliphatic carbocycles. The fourth-order valence-electron chi connectivity index (χ4n) is 3.68. The third-order valence-electron chi connectivity index (χ3n) is 5.25. The number of fused-ring (bicyclic) bond motifs is 1. The molecule has 0 spiro atoms. The maximum atomic E-state index is 12.8. The molecule has 0 saturated carbocycles. The lowest BCUT2D eigenvalue weighted by Gasteiger charge is -2.34. The Hall–Kier alpha value is -4.14. The van der Waals surface area contributed by atoms with Gasteiger partial charge in [0.05, 0.1) is 0 Å². The van der Waals surface area contributed by atoms with Crippen LogP contribution in [-0.4, -0.2) is 64.6 Å². The smallest absolute Gasteiger partial charge is 0.313 e. The van der Waals surface area contributed by atoms with E-state index in [1.165, 1.54) is 11.8 Å². The van der Waals surface area contributed by atoms with Crippen LogP contribution in [-0.2, 0) is 14.4 Å². The molecule has 9 heteroatoms. The van der Waals surface area contributed by atoms with Crippen molar-refractivity contribution in [3.8, 4) is 0 Å². The summed E-state index contributed by atoms with van der Waals surface area (Å²) in [7, 11) is 0. The zero-order valence-electron chi connectivity index (χ0n) is 17.6. The molecule has 0 bridgehead atoms. The SMILES string of the molecule is CC(=O)Nc1cccc(NC(=O)C(=O)N2CCN(C(=O)c3cc4ccccc4[nH]3)CC2)c1. The van der Waals surface area contributed by atoms with Gasteiger partial charge in [0.1, 0.15) is 5.69 Å². The van der Waals surface area contributed by atoms with Crippen molar-refractivity contribution in [1.82, 2.24) is 14.8 Å². The first-order valence-corrected chi connectivity index (χ1v) is 10.3. The number of anilines is 2. The summed E-state index contributed by atoms with van der Waals surface area (Å²) in [6.07, 6.45) is 0. The monoisotopic (exact) mass is 433 g/mol. The lowest BCUT2D eigenvalue weighted by molar-refractivity contribution is -0.144. The number of hydrogen-bond donors (Lipinski definition) is 3. The fourth-order valence-corrected chi connectivity index (χ4v) is 3.68. The van der Waals surface area contributed by atoms with Gasteiger partial charge in [0.25, 0.3) is 5.91 Å². The molecule has 0 atom stereocenters. The van der Waals surface area contributed by atoms with E-state index in [0.717, 1.165) is 10.9 Å². The molecule has 4 amide bonds. The summed E-state index contributed by atoms with van der Waals surface area (Å²) >= 11 is 0. The minimum Gasteiger partial charge on any atom is -0.351 e. The summed E-state index contributed by atoms with van der Waals surface area (Å²) in [4.78, 5) is 55.2. The number of amides is 4. The molecule has 0 unspecified atom stereocenters. The quantitative estimate of drug-likeness (QED) is 0.549. The highest BCUT2D eigenvalue weighted by Crippen LogP contribution is 2.18. The molecular formula is C23H23N5O4. The number of aromatic amines is 1. The highest BCUT2D eigenvalue weighted by molar-refractivity contribution is 6.39. The number of para-hydroxylation sites is 1. The van der Waals surface area contributed by atoms with Gasteiger partial charge < -0.3 is 25.4 Å². The van der Waals surface area contributed by atoms with Gasteiger partial charge in [-0.25, -0.2) is 0 Å². The van der Waals surface area contributed by atoms with E-state index in [9.17, 15) is 19.2 Å². The molecule has 3 N–H and O–H groups in total. The van der Waals surface area contributed by atoms with Crippen molar-refractivity contribution < 1.29 is 19.2 Å². The predicted octanol–water partition coefficient (Wildman–Crippen LogP) is 2.05. The van der Waals surface area contributed by atoms with Crippen LogP contribution >= 0.6 is 0 Å². The van der Waals surface area contributed by atoms with Crippen LogP contribution in [0.25, 0.3) is 10.9 Å². The van der Waals surface area contributed by atoms with Crippen LogP contribution in [0, 0.1) is 0 Å². The zero-order chi connectivity index (χ0) is 22.7. The van der Waals surface area contributed by atoms with Crippen molar-refractivity contribution in [2.75, 3.05) is 36.8 Å². The molecule has 2 aromatic carbocycles. The molecular weight excluding hydrogens is 410 g/mol. The van der Waals surface area contributed by atoms with Crippen molar-refractivity contribution in [2.24, 2.45) is 0 Å². The molecule has 1 fully saturated rings. The number of nitrogens with zero attached hydrogens (tertiary/aromatic N) is 2. The average molecular weight is 433 g/mol. The molecule has 164 valence electrons. The van der Waals surface area contributed by atoms with Crippen molar-refractivity contribution in [3.63, 3.8) is 0 Å². The summed E-state index contributed by atoms with van der Waals surface area (Å²) in [5.74, 6) is -1.79. The van der Waals surface area contributed by atoms with Gasteiger partial charge in [-0.3, -0.25) is 19.2 Å². The average Bonchev–Trinajstić information content (AvgIpc) is 3.22. The van der Waals surface area contributed by atoms with Crippen LogP contribution in [0.3, 0.4) is 0 Å². The maximum Gasteiger partial charge on any atom is 0.313 e. The number of H-pyrrole nitrogens is 1. The number of hydrogen-bond acceptors (Lipinski definition) is 4. The number of carbonyl (C=O) groups is 4. The summed E-state index contributed by atoms with van der Waals surface area (Å²) in [5.41, 5.74) is 2.32. The Kier molecular flexibility index (Phi) is 5.89. The minimum atomic E-state index is -0.764. The van der Waals surface area contributed by atoms with Gasteiger partial charge in [-0.1, -0.05) is 24.3 Å². The Bertz CT molecular complexity index is 1160. The molecule has 1 saturated heterocycles. The van der Waals surface area contributed by atoms with E-state index in [2.05, 4.69) is 15.6 Å². The second-order valence-corrected chi connectivity index (χ2v) is 7.57. The van der Waals surface area contributed by atoms with Gasteiger partial charge in [-0.2, -0.15) is 0 Å². The van der Waals surface area contributed by atoms with Gasteiger partial charge in [0.2, 0.25) is 5.91 Å². The molecule has 3 aromatic rings. The molecule has 32 heavy (non-hydrogen) atoms. The summed E-state index contributed by atoms with van der Waals surface area (Å²) in [6, 6.07) is 16.0. The van der Waals surface area contributed by atoms with Crippen molar-refractivity contribution in [3.05, 3.63) is 60.3 Å². The molecule has 9 nitrogen and oxygen atoms in total. The van der Waals surface area contributed by atoms with Crippen LogP contribution in [0.4, 0.5) is 11.4 Å². The minimum absolute atomic E-state index is 0.132. The molecule has 1 aliphatic heterocycles. The van der Waals surface area contributed by atoms with Crippen molar-refractivity contribution in [1.29, 1.82) is 0 Å². The van der Waals surface area contributed by atoms with E-state index < -0.39 is 11.8 Å². The zero-order valence-corrected chi connectivity index (χ0v) is 17.6. The summed E-state index contributed by atoms with van der Waals surface area (Å²) in [5, 5.41) is 6.15. The first-order chi connectivity index (χ1) is 15.4. The molecule has 4 rings (SSSR count). The first-order valence-electron chi connectivity index (χ1n) is 10.3. The number of aromatic nitrogens is 1. The van der Waals surface area contributed by atoms with Crippen molar-refractivity contribution >= 4 is 45.9 Å².